The Morgan fingerprint density at radius 3 is 1.03 bits per heavy atom. The molecule has 1 rings (SSSR count). The van der Waals surface area contributed by atoms with E-state index in [-0.39, 0.29) is 25.0 Å². The standard InChI is InChI=1S/C26H40B2N2/c1-11-17-25(18-12-2,23(7)8)29-27(21-15-5)30(28(29)22-16-6)26(19-13-3,20-14-4)24(9)10/h11-16H,1-7,9,17-22H2,8,10H3. The van der Waals surface area contributed by atoms with Gasteiger partial charge in [-0.05, 0) is 52.2 Å². The first-order valence-electron chi connectivity index (χ1n) is 10.8. The molecule has 2 nitrogen and oxygen atoms in total. The van der Waals surface area contributed by atoms with E-state index < -0.39 is 0 Å². The molecule has 4 heteroatoms. The summed E-state index contributed by atoms with van der Waals surface area (Å²) in [7, 11) is 0. The molecule has 0 aromatic heterocycles. The van der Waals surface area contributed by atoms with Gasteiger partial charge in [-0.25, -0.2) is 0 Å². The first kappa shape index (κ1) is 26.0. The fourth-order valence-corrected chi connectivity index (χ4v) is 5.17. The van der Waals surface area contributed by atoms with Gasteiger partial charge in [0.2, 0.25) is 0 Å². The van der Waals surface area contributed by atoms with Crippen molar-refractivity contribution >= 4 is 14.0 Å². The van der Waals surface area contributed by atoms with E-state index >= 15 is 0 Å². The van der Waals surface area contributed by atoms with Gasteiger partial charge in [-0.15, -0.1) is 39.5 Å². The summed E-state index contributed by atoms with van der Waals surface area (Å²) in [6.07, 6.45) is 16.9. The van der Waals surface area contributed by atoms with Gasteiger partial charge in [0.1, 0.15) is 0 Å². The van der Waals surface area contributed by atoms with Gasteiger partial charge >= 0.3 is 0 Å². The lowest BCUT2D eigenvalue weighted by Gasteiger charge is -2.68. The smallest absolute Gasteiger partial charge is 0.295 e. The van der Waals surface area contributed by atoms with Crippen LogP contribution in [0.4, 0.5) is 0 Å². The lowest BCUT2D eigenvalue weighted by molar-refractivity contribution is 0.198. The van der Waals surface area contributed by atoms with Gasteiger partial charge in [-0.2, -0.15) is 0 Å². The van der Waals surface area contributed by atoms with Crippen LogP contribution in [0.3, 0.4) is 0 Å². The first-order valence-corrected chi connectivity index (χ1v) is 10.8. The fraction of sp³-hybridized carbons (Fsp3) is 0.385. The third kappa shape index (κ3) is 4.50. The number of hydrogen-bond acceptors (Lipinski definition) is 2. The van der Waals surface area contributed by atoms with Gasteiger partial charge < -0.3 is 9.44 Å². The maximum Gasteiger partial charge on any atom is 0.295 e. The molecular formula is C26H40B2N2. The summed E-state index contributed by atoms with van der Waals surface area (Å²) in [5.41, 5.74) is 1.76. The largest absolute Gasteiger partial charge is 0.347 e. The Morgan fingerprint density at radius 1 is 0.600 bits per heavy atom. The van der Waals surface area contributed by atoms with Crippen LogP contribution in [0.2, 0.25) is 12.6 Å². The predicted octanol–water partition coefficient (Wildman–Crippen LogP) is 6.89. The quantitative estimate of drug-likeness (QED) is 0.205. The van der Waals surface area contributed by atoms with E-state index in [4.69, 9.17) is 0 Å². The summed E-state index contributed by atoms with van der Waals surface area (Å²) >= 11 is 0. The Bertz CT molecular complexity index is 618. The average molecular weight is 402 g/mol. The van der Waals surface area contributed by atoms with E-state index in [0.717, 1.165) is 49.5 Å². The second-order valence-electron chi connectivity index (χ2n) is 8.42. The maximum atomic E-state index is 4.39. The molecule has 1 saturated heterocycles. The van der Waals surface area contributed by atoms with Gasteiger partial charge in [-0.3, -0.25) is 0 Å². The molecule has 0 N–H and O–H groups in total. The zero-order valence-electron chi connectivity index (χ0n) is 19.4. The molecule has 1 aliphatic heterocycles. The Hall–Kier alpha value is -2.03. The third-order valence-electron chi connectivity index (χ3n) is 6.54. The van der Waals surface area contributed by atoms with Crippen molar-refractivity contribution in [1.82, 2.24) is 9.44 Å². The summed E-state index contributed by atoms with van der Waals surface area (Å²) in [6.45, 7) is 37.7. The second-order valence-corrected chi connectivity index (χ2v) is 8.42. The van der Waals surface area contributed by atoms with Gasteiger partial charge in [0.25, 0.3) is 14.0 Å². The highest BCUT2D eigenvalue weighted by atomic mass is 15.4. The van der Waals surface area contributed by atoms with Crippen molar-refractivity contribution in [3.05, 3.63) is 100 Å². The van der Waals surface area contributed by atoms with Gasteiger partial charge in [0.15, 0.2) is 0 Å². The lowest BCUT2D eigenvalue weighted by Crippen LogP contribution is -2.86. The van der Waals surface area contributed by atoms with Crippen LogP contribution >= 0.6 is 0 Å². The van der Waals surface area contributed by atoms with E-state index in [1.165, 1.54) is 0 Å². The van der Waals surface area contributed by atoms with E-state index in [1.807, 2.05) is 36.5 Å². The van der Waals surface area contributed by atoms with E-state index in [9.17, 15) is 0 Å². The number of rotatable bonds is 16. The minimum Gasteiger partial charge on any atom is -0.347 e. The van der Waals surface area contributed by atoms with Crippen LogP contribution in [0.5, 0.6) is 0 Å². The number of allylic oxidation sites excluding steroid dienone is 2. The molecule has 0 amide bonds. The van der Waals surface area contributed by atoms with Crippen molar-refractivity contribution in [3.63, 3.8) is 0 Å². The fourth-order valence-electron chi connectivity index (χ4n) is 5.17. The monoisotopic (exact) mass is 402 g/mol. The molecule has 0 saturated carbocycles. The molecule has 160 valence electrons. The van der Waals surface area contributed by atoms with Crippen LogP contribution < -0.4 is 0 Å². The van der Waals surface area contributed by atoms with Crippen molar-refractivity contribution < 1.29 is 0 Å². The van der Waals surface area contributed by atoms with Crippen molar-refractivity contribution in [3.8, 4) is 0 Å². The summed E-state index contributed by atoms with van der Waals surface area (Å²) in [5, 5.41) is 0. The number of nitrogens with zero attached hydrogens (tertiary/aromatic N) is 2. The van der Waals surface area contributed by atoms with E-state index in [1.54, 1.807) is 0 Å². The molecule has 0 aromatic rings. The zero-order chi connectivity index (χ0) is 22.9. The molecular weight excluding hydrogens is 362 g/mol. The molecule has 30 heavy (non-hydrogen) atoms. The molecule has 0 bridgehead atoms. The van der Waals surface area contributed by atoms with Crippen LogP contribution in [0.15, 0.2) is 100 Å². The van der Waals surface area contributed by atoms with E-state index in [0.29, 0.717) is 0 Å². The summed E-state index contributed by atoms with van der Waals surface area (Å²) in [5.74, 6) is 0. The van der Waals surface area contributed by atoms with Crippen LogP contribution in [0, 0.1) is 0 Å². The van der Waals surface area contributed by atoms with Crippen molar-refractivity contribution in [2.24, 2.45) is 0 Å². The minimum absolute atomic E-state index is 0.153. The normalized spacial score (nSPS) is 15.1. The maximum absolute atomic E-state index is 4.39. The van der Waals surface area contributed by atoms with Gasteiger partial charge in [0.05, 0.1) is 0 Å². The Balaban J connectivity index is 3.73. The van der Waals surface area contributed by atoms with E-state index in [2.05, 4.69) is 75.9 Å². The predicted molar refractivity (Wildman–Crippen MR) is 140 cm³/mol. The molecule has 0 atom stereocenters. The van der Waals surface area contributed by atoms with Gasteiger partial charge in [0, 0.05) is 11.1 Å². The molecule has 0 radical (unpaired) electrons. The molecule has 0 aliphatic carbocycles. The summed E-state index contributed by atoms with van der Waals surface area (Å²) in [4.78, 5) is 0. The van der Waals surface area contributed by atoms with Crippen molar-refractivity contribution in [2.45, 2.75) is 63.2 Å². The van der Waals surface area contributed by atoms with Crippen LogP contribution in [-0.4, -0.2) is 34.5 Å². The molecule has 1 heterocycles. The topological polar surface area (TPSA) is 6.48 Å². The zero-order valence-corrected chi connectivity index (χ0v) is 19.4. The molecule has 1 aliphatic rings. The number of hydrogen-bond donors (Lipinski definition) is 0. The van der Waals surface area contributed by atoms with Crippen molar-refractivity contribution in [2.75, 3.05) is 0 Å². The Kier molecular flexibility index (Phi) is 9.87. The van der Waals surface area contributed by atoms with Crippen molar-refractivity contribution in [1.29, 1.82) is 0 Å². The molecule has 0 aromatic carbocycles. The van der Waals surface area contributed by atoms with Gasteiger partial charge in [-0.1, -0.05) is 60.8 Å². The van der Waals surface area contributed by atoms with Crippen LogP contribution in [-0.2, 0) is 0 Å². The highest BCUT2D eigenvalue weighted by molar-refractivity contribution is 6.86. The molecule has 1 fully saturated rings. The minimum atomic E-state index is -0.246. The molecule has 0 spiro atoms. The highest BCUT2D eigenvalue weighted by Crippen LogP contribution is 2.48. The average Bonchev–Trinajstić information content (AvgIpc) is 2.67. The SMILES string of the molecule is C=CCB1N(C(CC=C)(CC=C)C(=C)C)B(CC=C)N1C(CC=C)(CC=C)C(=C)C. The highest BCUT2D eigenvalue weighted by Gasteiger charge is 2.63. The lowest BCUT2D eigenvalue weighted by atomic mass is 9.35. The van der Waals surface area contributed by atoms with Crippen LogP contribution in [0.25, 0.3) is 0 Å². The first-order chi connectivity index (χ1) is 14.3. The second kappa shape index (κ2) is 11.4. The third-order valence-corrected chi connectivity index (χ3v) is 6.54. The molecule has 0 unspecified atom stereocenters. The van der Waals surface area contributed by atoms with Crippen LogP contribution in [0.1, 0.15) is 39.5 Å². The Labute approximate surface area is 187 Å². The summed E-state index contributed by atoms with van der Waals surface area (Å²) < 4.78 is 5.18. The Morgan fingerprint density at radius 2 is 0.867 bits per heavy atom. The summed E-state index contributed by atoms with van der Waals surface area (Å²) in [6, 6.07) is 0.